The first kappa shape index (κ1) is 17.2. The van der Waals surface area contributed by atoms with Crippen LogP contribution < -0.4 is 5.32 Å². The molecule has 2 rings (SSSR count). The summed E-state index contributed by atoms with van der Waals surface area (Å²) in [5.74, 6) is -1.10. The number of hydrogen-bond acceptors (Lipinski definition) is 5. The molecule has 0 aliphatic rings. The van der Waals surface area contributed by atoms with E-state index in [1.165, 1.54) is 11.8 Å². The highest BCUT2D eigenvalue weighted by Crippen LogP contribution is 2.23. The third-order valence-electron chi connectivity index (χ3n) is 2.72. The first-order chi connectivity index (χ1) is 10.9. The summed E-state index contributed by atoms with van der Waals surface area (Å²) >= 11 is 1.20. The number of carboxylic acid groups (broad SMARTS) is 1. The molecule has 0 saturated carbocycles. The minimum atomic E-state index is -1.10. The van der Waals surface area contributed by atoms with Crippen LogP contribution in [0.4, 0.5) is 0 Å². The third kappa shape index (κ3) is 4.66. The molecule has 2 N–H and O–H groups in total. The Morgan fingerprint density at radius 3 is 2.30 bits per heavy atom. The number of aromatic carboxylic acids is 1. The molecule has 7 heteroatoms. The summed E-state index contributed by atoms with van der Waals surface area (Å²) in [7, 11) is 0. The molecule has 1 aromatic carbocycles. The Morgan fingerprint density at radius 2 is 1.78 bits per heavy atom. The van der Waals surface area contributed by atoms with Crippen LogP contribution >= 0.6 is 11.8 Å². The average molecular weight is 332 g/mol. The summed E-state index contributed by atoms with van der Waals surface area (Å²) in [6.07, 6.45) is 0. The molecule has 0 unspecified atom stereocenters. The molecule has 0 radical (unpaired) electrons. The summed E-state index contributed by atoms with van der Waals surface area (Å²) < 4.78 is 0. The number of fused-ring (bicyclic) bond motifs is 1. The van der Waals surface area contributed by atoms with E-state index in [-0.39, 0.29) is 17.8 Å². The Labute approximate surface area is 139 Å². The van der Waals surface area contributed by atoms with E-state index >= 15 is 0 Å². The maximum Gasteiger partial charge on any atom is 0.357 e. The van der Waals surface area contributed by atoms with Crippen molar-refractivity contribution in [2.75, 3.05) is 0 Å². The zero-order valence-electron chi connectivity index (χ0n) is 13.6. The molecule has 2 aromatic rings. The number of nitrogens with one attached hydrogen (secondary N) is 1. The fourth-order valence-electron chi connectivity index (χ4n) is 1.86. The van der Waals surface area contributed by atoms with Gasteiger partial charge in [-0.05, 0) is 51.6 Å². The lowest BCUT2D eigenvalue weighted by Gasteiger charge is -2.14. The fourth-order valence-corrected chi connectivity index (χ4v) is 2.98. The Balaban J connectivity index is 2.47. The Kier molecular flexibility index (Phi) is 5.54. The largest absolute Gasteiger partial charge is 0.476 e. The van der Waals surface area contributed by atoms with Crippen molar-refractivity contribution in [1.82, 2.24) is 15.3 Å². The van der Waals surface area contributed by atoms with E-state index in [0.29, 0.717) is 21.2 Å². The molecule has 122 valence electrons. The van der Waals surface area contributed by atoms with Crippen molar-refractivity contribution in [2.24, 2.45) is 4.99 Å². The maximum absolute atomic E-state index is 11.5. The monoisotopic (exact) mass is 332 g/mol. The second-order valence-corrected chi connectivity index (χ2v) is 6.58. The summed E-state index contributed by atoms with van der Waals surface area (Å²) in [6.45, 7) is 7.93. The second-order valence-electron chi connectivity index (χ2n) is 5.60. The normalized spacial score (nSPS) is 12.2. The van der Waals surface area contributed by atoms with Gasteiger partial charge in [-0.1, -0.05) is 12.1 Å². The number of carboxylic acids is 1. The van der Waals surface area contributed by atoms with Gasteiger partial charge < -0.3 is 10.4 Å². The molecule has 0 saturated heterocycles. The van der Waals surface area contributed by atoms with E-state index in [2.05, 4.69) is 20.3 Å². The van der Waals surface area contributed by atoms with Crippen molar-refractivity contribution in [1.29, 1.82) is 0 Å². The highest BCUT2D eigenvalue weighted by atomic mass is 32.2. The molecule has 0 aliphatic heterocycles. The lowest BCUT2D eigenvalue weighted by molar-refractivity contribution is 0.0686. The Bertz CT molecular complexity index is 744. The van der Waals surface area contributed by atoms with E-state index in [4.69, 9.17) is 0 Å². The lowest BCUT2D eigenvalue weighted by atomic mass is 10.3. The second kappa shape index (κ2) is 7.41. The van der Waals surface area contributed by atoms with E-state index in [1.807, 2.05) is 39.8 Å². The predicted octanol–water partition coefficient (Wildman–Crippen LogP) is 3.18. The van der Waals surface area contributed by atoms with Crippen molar-refractivity contribution in [3.63, 3.8) is 0 Å². The number of rotatable bonds is 4. The molecule has 23 heavy (non-hydrogen) atoms. The molecule has 0 amide bonds. The average Bonchev–Trinajstić information content (AvgIpc) is 2.44. The highest BCUT2D eigenvalue weighted by molar-refractivity contribution is 8.13. The van der Waals surface area contributed by atoms with Crippen molar-refractivity contribution in [3.8, 4) is 0 Å². The number of para-hydroxylation sites is 2. The van der Waals surface area contributed by atoms with E-state index in [1.54, 1.807) is 12.1 Å². The number of thioether (sulfide) groups is 1. The van der Waals surface area contributed by atoms with Gasteiger partial charge >= 0.3 is 5.97 Å². The van der Waals surface area contributed by atoms with E-state index in [9.17, 15) is 9.90 Å². The van der Waals surface area contributed by atoms with Crippen LogP contribution in [0.15, 0.2) is 34.3 Å². The van der Waals surface area contributed by atoms with Crippen LogP contribution in [0, 0.1) is 0 Å². The van der Waals surface area contributed by atoms with Crippen molar-refractivity contribution in [2.45, 2.75) is 44.8 Å². The first-order valence-corrected chi connectivity index (χ1v) is 8.20. The van der Waals surface area contributed by atoms with Gasteiger partial charge in [0.2, 0.25) is 0 Å². The number of amidine groups is 1. The van der Waals surface area contributed by atoms with Gasteiger partial charge in [0.15, 0.2) is 10.9 Å². The SMILES string of the molecule is CC(C)N=C(NC(C)C)Sc1nc2ccccc2nc1C(=O)O. The van der Waals surface area contributed by atoms with Crippen LogP contribution in [-0.4, -0.2) is 38.3 Å². The highest BCUT2D eigenvalue weighted by Gasteiger charge is 2.18. The third-order valence-corrected chi connectivity index (χ3v) is 3.62. The zero-order valence-corrected chi connectivity index (χ0v) is 14.4. The van der Waals surface area contributed by atoms with Crippen LogP contribution in [0.5, 0.6) is 0 Å². The van der Waals surface area contributed by atoms with Crippen LogP contribution in [-0.2, 0) is 0 Å². The molecule has 0 fully saturated rings. The van der Waals surface area contributed by atoms with Crippen molar-refractivity contribution < 1.29 is 9.90 Å². The van der Waals surface area contributed by atoms with E-state index in [0.717, 1.165) is 0 Å². The molecule has 0 aliphatic carbocycles. The van der Waals surface area contributed by atoms with Crippen molar-refractivity contribution in [3.05, 3.63) is 30.0 Å². The van der Waals surface area contributed by atoms with Gasteiger partial charge in [0.1, 0.15) is 5.03 Å². The molecule has 0 bridgehead atoms. The summed E-state index contributed by atoms with van der Waals surface area (Å²) in [5.41, 5.74) is 1.16. The number of aliphatic imine (C=N–C) groups is 1. The molecular formula is C16H20N4O2S. The van der Waals surface area contributed by atoms with Gasteiger partial charge in [0.25, 0.3) is 0 Å². The molecule has 6 nitrogen and oxygen atoms in total. The van der Waals surface area contributed by atoms with Gasteiger partial charge in [-0.25, -0.2) is 14.8 Å². The Morgan fingerprint density at radius 1 is 1.17 bits per heavy atom. The Hall–Kier alpha value is -2.15. The fraction of sp³-hybridized carbons (Fsp3) is 0.375. The van der Waals surface area contributed by atoms with Gasteiger partial charge in [-0.15, -0.1) is 0 Å². The van der Waals surface area contributed by atoms with Crippen molar-refractivity contribution >= 4 is 33.9 Å². The van der Waals surface area contributed by atoms with Gasteiger partial charge in [-0.2, -0.15) is 0 Å². The van der Waals surface area contributed by atoms with Crippen LogP contribution in [0.25, 0.3) is 11.0 Å². The molecule has 1 aromatic heterocycles. The number of benzene rings is 1. The molecule has 0 atom stereocenters. The van der Waals surface area contributed by atoms with Gasteiger partial charge in [0.05, 0.1) is 11.0 Å². The zero-order chi connectivity index (χ0) is 17.0. The molecular weight excluding hydrogens is 312 g/mol. The maximum atomic E-state index is 11.5. The molecule has 0 spiro atoms. The van der Waals surface area contributed by atoms with Crippen LogP contribution in [0.3, 0.4) is 0 Å². The topological polar surface area (TPSA) is 87.5 Å². The summed E-state index contributed by atoms with van der Waals surface area (Å²) in [4.78, 5) is 24.7. The number of aromatic nitrogens is 2. The smallest absolute Gasteiger partial charge is 0.357 e. The van der Waals surface area contributed by atoms with Crippen LogP contribution in [0.2, 0.25) is 0 Å². The summed E-state index contributed by atoms with van der Waals surface area (Å²) in [6, 6.07) is 7.49. The number of hydrogen-bond donors (Lipinski definition) is 2. The minimum absolute atomic E-state index is 0.0595. The van der Waals surface area contributed by atoms with E-state index < -0.39 is 5.97 Å². The predicted molar refractivity (Wildman–Crippen MR) is 93.2 cm³/mol. The number of carbonyl (C=O) groups is 1. The summed E-state index contributed by atoms with van der Waals surface area (Å²) in [5, 5.41) is 13.6. The quantitative estimate of drug-likeness (QED) is 0.508. The first-order valence-electron chi connectivity index (χ1n) is 7.39. The van der Waals surface area contributed by atoms with Gasteiger partial charge in [0, 0.05) is 12.1 Å². The van der Waals surface area contributed by atoms with Gasteiger partial charge in [-0.3, -0.25) is 4.99 Å². The van der Waals surface area contributed by atoms with Crippen LogP contribution in [0.1, 0.15) is 38.2 Å². The minimum Gasteiger partial charge on any atom is -0.476 e. The lowest BCUT2D eigenvalue weighted by Crippen LogP contribution is -2.29. The number of nitrogens with zero attached hydrogens (tertiary/aromatic N) is 3. The standard InChI is InChI=1S/C16H20N4O2S/c1-9(2)17-16(18-10(3)4)23-14-13(15(21)22)19-11-7-5-6-8-12(11)20-14/h5-10H,1-4H3,(H,17,18)(H,21,22). The molecule has 1 heterocycles.